The summed E-state index contributed by atoms with van der Waals surface area (Å²) in [5.41, 5.74) is 2.43. The number of aromatic nitrogens is 2. The molecule has 0 spiro atoms. The van der Waals surface area contributed by atoms with E-state index in [1.807, 2.05) is 19.2 Å². The largest absolute Gasteiger partial charge is 0.476 e. The Morgan fingerprint density at radius 2 is 2.20 bits per heavy atom. The predicted octanol–water partition coefficient (Wildman–Crippen LogP) is 2.41. The van der Waals surface area contributed by atoms with Crippen LogP contribution in [-0.4, -0.2) is 20.5 Å². The number of hydrogen-bond acceptors (Lipinski definition) is 2. The average molecular weight is 269 g/mol. The van der Waals surface area contributed by atoms with Crippen LogP contribution in [0.15, 0.2) is 16.7 Å². The van der Waals surface area contributed by atoms with Crippen molar-refractivity contribution in [1.29, 1.82) is 0 Å². The van der Waals surface area contributed by atoms with E-state index < -0.39 is 5.97 Å². The van der Waals surface area contributed by atoms with Gasteiger partial charge in [-0.15, -0.1) is 0 Å². The molecule has 0 fully saturated rings. The molecule has 0 saturated heterocycles. The van der Waals surface area contributed by atoms with Crippen LogP contribution in [0, 0.1) is 13.8 Å². The summed E-state index contributed by atoms with van der Waals surface area (Å²) in [7, 11) is 0. The third-order valence-corrected chi connectivity index (χ3v) is 3.17. The summed E-state index contributed by atoms with van der Waals surface area (Å²) in [6, 6.07) is 1.85. The Hall–Kier alpha value is -1.36. The zero-order valence-corrected chi connectivity index (χ0v) is 9.87. The molecular weight excluding hydrogens is 260 g/mol. The van der Waals surface area contributed by atoms with Gasteiger partial charge in [-0.2, -0.15) is 0 Å². The lowest BCUT2D eigenvalue weighted by atomic mass is 10.3. The van der Waals surface area contributed by atoms with Gasteiger partial charge in [-0.25, -0.2) is 9.78 Å². The molecule has 0 saturated carbocycles. The van der Waals surface area contributed by atoms with Crippen molar-refractivity contribution in [3.8, 4) is 0 Å². The lowest BCUT2D eigenvalue weighted by Gasteiger charge is -2.00. The molecule has 2 aromatic rings. The van der Waals surface area contributed by atoms with Crippen LogP contribution in [0.2, 0.25) is 0 Å². The van der Waals surface area contributed by atoms with E-state index in [0.29, 0.717) is 11.3 Å². The summed E-state index contributed by atoms with van der Waals surface area (Å²) in [6.45, 7) is 3.68. The fourth-order valence-electron chi connectivity index (χ4n) is 1.48. The standard InChI is InChI=1S/C10H9BrN2O2/c1-5-3-8-12-9(10(14)15)6(2)13(8)4-7(5)11/h3-4H,1-2H3,(H,14,15). The molecular formula is C10H9BrN2O2. The number of carboxylic acids is 1. The van der Waals surface area contributed by atoms with Crippen molar-refractivity contribution in [3.05, 3.63) is 33.7 Å². The number of nitrogens with zero attached hydrogens (tertiary/aromatic N) is 2. The second kappa shape index (κ2) is 3.34. The molecule has 0 aliphatic carbocycles. The maximum Gasteiger partial charge on any atom is 0.356 e. The highest BCUT2D eigenvalue weighted by molar-refractivity contribution is 9.10. The molecule has 0 unspecified atom stereocenters. The van der Waals surface area contributed by atoms with E-state index in [2.05, 4.69) is 20.9 Å². The smallest absolute Gasteiger partial charge is 0.356 e. The number of aromatic carboxylic acids is 1. The van der Waals surface area contributed by atoms with E-state index in [1.165, 1.54) is 0 Å². The SMILES string of the molecule is Cc1cc2nc(C(=O)O)c(C)n2cc1Br. The number of carbonyl (C=O) groups is 1. The molecule has 1 N–H and O–H groups in total. The Morgan fingerprint density at radius 3 is 2.80 bits per heavy atom. The van der Waals surface area contributed by atoms with E-state index in [1.54, 1.807) is 11.3 Å². The number of fused-ring (bicyclic) bond motifs is 1. The van der Waals surface area contributed by atoms with E-state index >= 15 is 0 Å². The van der Waals surface area contributed by atoms with Crippen molar-refractivity contribution in [1.82, 2.24) is 9.38 Å². The van der Waals surface area contributed by atoms with Gasteiger partial charge in [0, 0.05) is 10.7 Å². The molecule has 78 valence electrons. The normalized spacial score (nSPS) is 10.9. The number of hydrogen-bond donors (Lipinski definition) is 1. The van der Waals surface area contributed by atoms with Gasteiger partial charge in [-0.1, -0.05) is 0 Å². The first-order valence-electron chi connectivity index (χ1n) is 4.39. The monoisotopic (exact) mass is 268 g/mol. The summed E-state index contributed by atoms with van der Waals surface area (Å²) in [5, 5.41) is 8.92. The average Bonchev–Trinajstić information content (AvgIpc) is 2.46. The lowest BCUT2D eigenvalue weighted by molar-refractivity contribution is 0.0690. The second-order valence-corrected chi connectivity index (χ2v) is 4.24. The van der Waals surface area contributed by atoms with Crippen LogP contribution in [0.5, 0.6) is 0 Å². The van der Waals surface area contributed by atoms with Crippen LogP contribution in [-0.2, 0) is 0 Å². The molecule has 0 amide bonds. The maximum absolute atomic E-state index is 10.9. The van der Waals surface area contributed by atoms with Crippen molar-refractivity contribution in [2.75, 3.05) is 0 Å². The van der Waals surface area contributed by atoms with Crippen LogP contribution >= 0.6 is 15.9 Å². The van der Waals surface area contributed by atoms with Gasteiger partial charge < -0.3 is 9.51 Å². The number of carboxylic acid groups (broad SMARTS) is 1. The van der Waals surface area contributed by atoms with Crippen LogP contribution < -0.4 is 0 Å². The van der Waals surface area contributed by atoms with E-state index in [0.717, 1.165) is 10.0 Å². The summed E-state index contributed by atoms with van der Waals surface area (Å²) in [6.07, 6.45) is 1.83. The van der Waals surface area contributed by atoms with Gasteiger partial charge in [0.2, 0.25) is 0 Å². The maximum atomic E-state index is 10.9. The van der Waals surface area contributed by atoms with E-state index in [9.17, 15) is 4.79 Å². The number of imidazole rings is 1. The minimum absolute atomic E-state index is 0.104. The minimum Gasteiger partial charge on any atom is -0.476 e. The van der Waals surface area contributed by atoms with Gasteiger partial charge in [0.05, 0.1) is 5.69 Å². The van der Waals surface area contributed by atoms with Gasteiger partial charge in [0.25, 0.3) is 0 Å². The highest BCUT2D eigenvalue weighted by Gasteiger charge is 2.14. The van der Waals surface area contributed by atoms with Gasteiger partial charge in [0.15, 0.2) is 5.69 Å². The van der Waals surface area contributed by atoms with Crippen molar-refractivity contribution < 1.29 is 9.90 Å². The quantitative estimate of drug-likeness (QED) is 0.864. The fraction of sp³-hybridized carbons (Fsp3) is 0.200. The summed E-state index contributed by atoms with van der Waals surface area (Å²) in [4.78, 5) is 14.9. The predicted molar refractivity (Wildman–Crippen MR) is 59.3 cm³/mol. The number of aryl methyl sites for hydroxylation is 2. The first-order valence-corrected chi connectivity index (χ1v) is 5.18. The minimum atomic E-state index is -0.995. The molecule has 2 heterocycles. The van der Waals surface area contributed by atoms with Crippen LogP contribution in [0.3, 0.4) is 0 Å². The lowest BCUT2D eigenvalue weighted by Crippen LogP contribution is -1.99. The summed E-state index contributed by atoms with van der Waals surface area (Å²) >= 11 is 3.40. The number of rotatable bonds is 1. The highest BCUT2D eigenvalue weighted by Crippen LogP contribution is 2.20. The molecule has 0 aliphatic rings. The van der Waals surface area contributed by atoms with Crippen molar-refractivity contribution in [3.63, 3.8) is 0 Å². The summed E-state index contributed by atoms with van der Waals surface area (Å²) < 4.78 is 2.70. The van der Waals surface area contributed by atoms with Gasteiger partial charge >= 0.3 is 5.97 Å². The third kappa shape index (κ3) is 1.52. The molecule has 15 heavy (non-hydrogen) atoms. The Labute approximate surface area is 94.7 Å². The van der Waals surface area contributed by atoms with E-state index in [4.69, 9.17) is 5.11 Å². The first-order chi connectivity index (χ1) is 7.00. The zero-order chi connectivity index (χ0) is 11.2. The van der Waals surface area contributed by atoms with E-state index in [-0.39, 0.29) is 5.69 Å². The highest BCUT2D eigenvalue weighted by atomic mass is 79.9. The van der Waals surface area contributed by atoms with Crippen LogP contribution in [0.4, 0.5) is 0 Å². The molecule has 0 radical (unpaired) electrons. The second-order valence-electron chi connectivity index (χ2n) is 3.38. The summed E-state index contributed by atoms with van der Waals surface area (Å²) in [5.74, 6) is -0.995. The molecule has 0 atom stereocenters. The van der Waals surface area contributed by atoms with Gasteiger partial charge in [-0.05, 0) is 41.4 Å². The van der Waals surface area contributed by atoms with Gasteiger partial charge in [0.1, 0.15) is 5.65 Å². The number of halogens is 1. The number of pyridine rings is 1. The Balaban J connectivity index is 2.83. The van der Waals surface area contributed by atoms with Crippen LogP contribution in [0.1, 0.15) is 21.7 Å². The Kier molecular flexibility index (Phi) is 2.26. The third-order valence-electron chi connectivity index (χ3n) is 2.34. The molecule has 2 aromatic heterocycles. The molecule has 2 rings (SSSR count). The molecule has 0 bridgehead atoms. The first kappa shape index (κ1) is 10.2. The zero-order valence-electron chi connectivity index (χ0n) is 8.28. The molecule has 0 aliphatic heterocycles. The topological polar surface area (TPSA) is 54.6 Å². The Morgan fingerprint density at radius 1 is 1.53 bits per heavy atom. The molecule has 5 heteroatoms. The Bertz CT molecular complexity index is 560. The van der Waals surface area contributed by atoms with Crippen LogP contribution in [0.25, 0.3) is 5.65 Å². The fourth-order valence-corrected chi connectivity index (χ4v) is 1.80. The molecule has 4 nitrogen and oxygen atoms in total. The van der Waals surface area contributed by atoms with Crippen molar-refractivity contribution in [2.24, 2.45) is 0 Å². The van der Waals surface area contributed by atoms with Crippen molar-refractivity contribution in [2.45, 2.75) is 13.8 Å². The van der Waals surface area contributed by atoms with Gasteiger partial charge in [-0.3, -0.25) is 0 Å². The van der Waals surface area contributed by atoms with Crippen molar-refractivity contribution >= 4 is 27.5 Å². The molecule has 0 aromatic carbocycles.